The van der Waals surface area contributed by atoms with Gasteiger partial charge in [-0.1, -0.05) is 38.6 Å². The van der Waals surface area contributed by atoms with Crippen LogP contribution >= 0.6 is 0 Å². The van der Waals surface area contributed by atoms with Gasteiger partial charge in [0.15, 0.2) is 0 Å². The lowest BCUT2D eigenvalue weighted by Gasteiger charge is -2.46. The Labute approximate surface area is 160 Å². The summed E-state index contributed by atoms with van der Waals surface area (Å²) in [6.07, 6.45) is 6.42. The minimum absolute atomic E-state index is 0.0497. The molecule has 5 nitrogen and oxygen atoms in total. The van der Waals surface area contributed by atoms with Gasteiger partial charge in [0.05, 0.1) is 5.41 Å². The van der Waals surface area contributed by atoms with Crippen molar-refractivity contribution in [2.24, 2.45) is 13.0 Å². The lowest BCUT2D eigenvalue weighted by molar-refractivity contribution is -0.114. The van der Waals surface area contributed by atoms with Crippen LogP contribution in [0.15, 0.2) is 54.4 Å². The molecule has 0 N–H and O–H groups in total. The maximum atomic E-state index is 12.9. The highest BCUT2D eigenvalue weighted by atomic mass is 16.2. The second-order valence-corrected chi connectivity index (χ2v) is 7.88. The minimum Gasteiger partial charge on any atom is -0.320 e. The number of carbonyl (C=O) groups is 1. The Morgan fingerprint density at radius 1 is 1.37 bits per heavy atom. The van der Waals surface area contributed by atoms with Crippen molar-refractivity contribution in [2.75, 3.05) is 11.4 Å². The molecule has 1 aliphatic carbocycles. The molecule has 0 unspecified atom stereocenters. The van der Waals surface area contributed by atoms with Crippen LogP contribution in [0.5, 0.6) is 0 Å². The molecule has 2 heterocycles. The summed E-state index contributed by atoms with van der Waals surface area (Å²) in [6.45, 7) is 8.84. The highest BCUT2D eigenvalue weighted by Gasteiger charge is 2.48. The van der Waals surface area contributed by atoms with E-state index in [1.807, 2.05) is 22.6 Å². The summed E-state index contributed by atoms with van der Waals surface area (Å²) in [5.41, 5.74) is 3.95. The van der Waals surface area contributed by atoms with E-state index in [1.165, 1.54) is 5.56 Å². The third kappa shape index (κ3) is 2.64. The first-order valence-corrected chi connectivity index (χ1v) is 9.61. The molecule has 4 rings (SSSR count). The number of nitrogens with zero attached hydrogens (tertiary/aromatic N) is 4. The first-order valence-electron chi connectivity index (χ1n) is 9.61. The topological polar surface area (TPSA) is 51.0 Å². The molecule has 2 aliphatic rings. The molecule has 2 aromatic rings. The van der Waals surface area contributed by atoms with Crippen LogP contribution in [-0.4, -0.2) is 27.2 Å². The average Bonchev–Trinajstić information content (AvgIpc) is 3.21. The minimum atomic E-state index is -0.119. The second kappa shape index (κ2) is 6.48. The van der Waals surface area contributed by atoms with Crippen molar-refractivity contribution in [2.45, 2.75) is 38.5 Å². The molecule has 1 aromatic carbocycles. The van der Waals surface area contributed by atoms with Gasteiger partial charge in [-0.15, -0.1) is 10.2 Å². The number of anilines is 1. The van der Waals surface area contributed by atoms with E-state index in [0.29, 0.717) is 12.5 Å². The number of aromatic nitrogens is 3. The molecule has 0 bridgehead atoms. The Morgan fingerprint density at radius 3 is 2.70 bits per heavy atom. The summed E-state index contributed by atoms with van der Waals surface area (Å²) < 4.78 is 2.02. The van der Waals surface area contributed by atoms with Gasteiger partial charge in [-0.2, -0.15) is 0 Å². The van der Waals surface area contributed by atoms with Crippen molar-refractivity contribution < 1.29 is 4.79 Å². The lowest BCUT2D eigenvalue weighted by Crippen LogP contribution is -2.43. The largest absolute Gasteiger partial charge is 0.320 e. The quantitative estimate of drug-likeness (QED) is 0.813. The molecule has 27 heavy (non-hydrogen) atoms. The summed E-state index contributed by atoms with van der Waals surface area (Å²) in [5.74, 6) is 1.71. The maximum absolute atomic E-state index is 12.9. The number of aryl methyl sites for hydroxylation is 1. The molecule has 1 saturated carbocycles. The number of hydrogen-bond donors (Lipinski definition) is 0. The van der Waals surface area contributed by atoms with Gasteiger partial charge >= 0.3 is 0 Å². The van der Waals surface area contributed by atoms with Crippen LogP contribution in [0.3, 0.4) is 0 Å². The maximum Gasteiger partial charge on any atom is 0.258 e. The van der Waals surface area contributed by atoms with Gasteiger partial charge in [-0.3, -0.25) is 4.79 Å². The highest BCUT2D eigenvalue weighted by molar-refractivity contribution is 6.11. The number of amides is 1. The molecule has 5 heteroatoms. The van der Waals surface area contributed by atoms with Gasteiger partial charge < -0.3 is 9.47 Å². The van der Waals surface area contributed by atoms with Crippen molar-refractivity contribution in [1.29, 1.82) is 0 Å². The van der Waals surface area contributed by atoms with Crippen LogP contribution in [0.4, 0.5) is 5.69 Å². The van der Waals surface area contributed by atoms with Crippen molar-refractivity contribution in [3.05, 3.63) is 65.8 Å². The van der Waals surface area contributed by atoms with E-state index in [9.17, 15) is 4.79 Å². The first-order chi connectivity index (χ1) is 13.0. The Hall–Kier alpha value is -2.69. The fraction of sp³-hybridized carbons (Fsp3) is 0.409. The van der Waals surface area contributed by atoms with Gasteiger partial charge in [-0.25, -0.2) is 0 Å². The molecule has 0 radical (unpaired) electrons. The lowest BCUT2D eigenvalue weighted by atomic mass is 9.58. The number of benzene rings is 1. The van der Waals surface area contributed by atoms with Gasteiger partial charge in [0.2, 0.25) is 0 Å². The van der Waals surface area contributed by atoms with Crippen molar-refractivity contribution in [1.82, 2.24) is 14.8 Å². The van der Waals surface area contributed by atoms with Gasteiger partial charge in [0, 0.05) is 24.9 Å². The summed E-state index contributed by atoms with van der Waals surface area (Å²) in [7, 11) is 2.00. The van der Waals surface area contributed by atoms with E-state index in [-0.39, 0.29) is 11.3 Å². The normalized spacial score (nSPS) is 25.1. The van der Waals surface area contributed by atoms with Gasteiger partial charge in [0.1, 0.15) is 12.2 Å². The van der Waals surface area contributed by atoms with Crippen LogP contribution in [0.2, 0.25) is 0 Å². The number of rotatable bonds is 5. The molecule has 1 aliphatic heterocycles. The van der Waals surface area contributed by atoms with Crippen LogP contribution in [0.1, 0.15) is 44.5 Å². The van der Waals surface area contributed by atoms with Crippen molar-refractivity contribution >= 4 is 11.6 Å². The summed E-state index contributed by atoms with van der Waals surface area (Å²) >= 11 is 0. The first kappa shape index (κ1) is 17.7. The van der Waals surface area contributed by atoms with Crippen molar-refractivity contribution in [3.63, 3.8) is 0 Å². The molecule has 1 aromatic heterocycles. The predicted octanol–water partition coefficient (Wildman–Crippen LogP) is 3.77. The highest BCUT2D eigenvalue weighted by Crippen LogP contribution is 2.52. The smallest absolute Gasteiger partial charge is 0.258 e. The Kier molecular flexibility index (Phi) is 4.25. The van der Waals surface area contributed by atoms with E-state index in [0.717, 1.165) is 41.9 Å². The van der Waals surface area contributed by atoms with E-state index < -0.39 is 0 Å². The van der Waals surface area contributed by atoms with E-state index in [1.54, 1.807) is 12.4 Å². The average molecular weight is 362 g/mol. The van der Waals surface area contributed by atoms with Gasteiger partial charge in [0.25, 0.3) is 5.91 Å². The third-order valence-electron chi connectivity index (χ3n) is 6.08. The predicted molar refractivity (Wildman–Crippen MR) is 106 cm³/mol. The van der Waals surface area contributed by atoms with Crippen LogP contribution in [-0.2, 0) is 17.3 Å². The zero-order valence-electron chi connectivity index (χ0n) is 16.3. The fourth-order valence-electron chi connectivity index (χ4n) is 4.75. The SMILES string of the molecule is C=CC1=C(CC)CN(c2cccc(C3(c4nncn4C)CC(C)C3)c2)C1=O. The zero-order valence-corrected chi connectivity index (χ0v) is 16.3. The standard InChI is InChI=1S/C22H26N4O/c1-5-16-13-26(20(27)19(16)6-2)18-9-7-8-17(10-18)22(11-15(3)12-22)21-24-23-14-25(21)4/h6-10,14-15H,2,5,11-13H2,1,3-4H3. The Bertz CT molecular complexity index is 933. The zero-order chi connectivity index (χ0) is 19.2. The fourth-order valence-corrected chi connectivity index (χ4v) is 4.75. The van der Waals surface area contributed by atoms with Gasteiger partial charge in [-0.05, 0) is 48.4 Å². The molecule has 1 amide bonds. The van der Waals surface area contributed by atoms with Crippen molar-refractivity contribution in [3.8, 4) is 0 Å². The molecule has 0 spiro atoms. The molecular formula is C22H26N4O. The monoisotopic (exact) mass is 362 g/mol. The summed E-state index contributed by atoms with van der Waals surface area (Å²) in [6, 6.07) is 8.40. The molecule has 0 atom stereocenters. The molecular weight excluding hydrogens is 336 g/mol. The van der Waals surface area contributed by atoms with E-state index >= 15 is 0 Å². The Balaban J connectivity index is 1.72. The third-order valence-corrected chi connectivity index (χ3v) is 6.08. The summed E-state index contributed by atoms with van der Waals surface area (Å²) in [4.78, 5) is 14.7. The number of hydrogen-bond acceptors (Lipinski definition) is 3. The summed E-state index contributed by atoms with van der Waals surface area (Å²) in [5, 5.41) is 8.53. The van der Waals surface area contributed by atoms with Crippen LogP contribution in [0.25, 0.3) is 0 Å². The Morgan fingerprint density at radius 2 is 2.15 bits per heavy atom. The van der Waals surface area contributed by atoms with E-state index in [4.69, 9.17) is 0 Å². The second-order valence-electron chi connectivity index (χ2n) is 7.88. The van der Waals surface area contributed by atoms with E-state index in [2.05, 4.69) is 48.8 Å². The molecule has 140 valence electrons. The number of carbonyl (C=O) groups excluding carboxylic acids is 1. The van der Waals surface area contributed by atoms with Crippen LogP contribution < -0.4 is 4.90 Å². The molecule has 0 saturated heterocycles. The van der Waals surface area contributed by atoms with Crippen LogP contribution in [0, 0.1) is 5.92 Å². The molecule has 1 fully saturated rings.